The van der Waals surface area contributed by atoms with E-state index in [1.54, 1.807) is 13.8 Å². The SMILES string of the molecule is CCOC(=O)N1c2ccc(OC)nc2[C@@H](c2ncc(S(N)(=O)=O)c(Cc3cc(C(F)(F)F)cc(C(F)(F)F)c3)n2)C[C@@]1(N)CC. The lowest BCUT2D eigenvalue weighted by Gasteiger charge is -2.46. The summed E-state index contributed by atoms with van der Waals surface area (Å²) in [6.45, 7) is 3.34. The predicted molar refractivity (Wildman–Crippen MR) is 147 cm³/mol. The van der Waals surface area contributed by atoms with Crippen LogP contribution in [-0.4, -0.2) is 48.8 Å². The number of anilines is 1. The number of ether oxygens (including phenoxy) is 2. The highest BCUT2D eigenvalue weighted by molar-refractivity contribution is 7.89. The van der Waals surface area contributed by atoms with Crippen LogP contribution in [0.4, 0.5) is 36.8 Å². The molecule has 18 heteroatoms. The minimum atomic E-state index is -5.14. The van der Waals surface area contributed by atoms with Gasteiger partial charge in [-0.3, -0.25) is 4.90 Å². The standard InChI is InChI=1S/C27H28F6N6O5S/c1-4-25(34)12-17(22-19(6-7-21(38-22)43-3)39(25)24(40)44-5-2)23-36-13-20(45(35,41)42)18(37-23)10-14-8-15(26(28,29)30)11-16(9-14)27(31,32)33/h6-9,11,13,17H,4-5,10,12,34H2,1-3H3,(H2,35,41,42)/t17-,25+/m0/s1. The first-order valence-corrected chi connectivity index (χ1v) is 14.8. The molecule has 0 saturated carbocycles. The minimum absolute atomic E-state index is 0.0323. The largest absolute Gasteiger partial charge is 0.481 e. The van der Waals surface area contributed by atoms with Crippen LogP contribution in [0.25, 0.3) is 0 Å². The Morgan fingerprint density at radius 2 is 1.69 bits per heavy atom. The van der Waals surface area contributed by atoms with E-state index < -0.39 is 73.8 Å². The van der Waals surface area contributed by atoms with Crippen molar-refractivity contribution in [1.82, 2.24) is 15.0 Å². The second-order valence-corrected chi connectivity index (χ2v) is 11.7. The van der Waals surface area contributed by atoms with Gasteiger partial charge in [-0.25, -0.2) is 33.3 Å². The highest BCUT2D eigenvalue weighted by atomic mass is 32.2. The van der Waals surface area contributed by atoms with E-state index >= 15 is 0 Å². The normalized spacial score (nSPS) is 18.8. The molecule has 0 fully saturated rings. The van der Waals surface area contributed by atoms with E-state index in [0.717, 1.165) is 6.20 Å². The highest BCUT2D eigenvalue weighted by Gasteiger charge is 2.47. The van der Waals surface area contributed by atoms with Crippen molar-refractivity contribution < 1.29 is 49.0 Å². The van der Waals surface area contributed by atoms with Gasteiger partial charge in [0, 0.05) is 12.5 Å². The zero-order valence-corrected chi connectivity index (χ0v) is 24.8. The molecular formula is C27H28F6N6O5S. The molecule has 4 rings (SSSR count). The summed E-state index contributed by atoms with van der Waals surface area (Å²) in [5, 5.41) is 5.32. The van der Waals surface area contributed by atoms with Gasteiger partial charge in [0.2, 0.25) is 15.9 Å². The number of amides is 1. The van der Waals surface area contributed by atoms with E-state index in [0.29, 0.717) is 12.1 Å². The minimum Gasteiger partial charge on any atom is -0.481 e. The topological polar surface area (TPSA) is 164 Å². The van der Waals surface area contributed by atoms with Gasteiger partial charge >= 0.3 is 18.4 Å². The number of carbonyl (C=O) groups excluding carboxylic acids is 1. The predicted octanol–water partition coefficient (Wildman–Crippen LogP) is 4.72. The Morgan fingerprint density at radius 3 is 2.20 bits per heavy atom. The number of nitrogens with two attached hydrogens (primary N) is 2. The smallest absolute Gasteiger partial charge is 0.416 e. The molecule has 0 aliphatic carbocycles. The number of sulfonamides is 1. The highest BCUT2D eigenvalue weighted by Crippen LogP contribution is 2.45. The van der Waals surface area contributed by atoms with Gasteiger partial charge in [-0.15, -0.1) is 0 Å². The van der Waals surface area contributed by atoms with Gasteiger partial charge in [0.15, 0.2) is 0 Å². The molecule has 0 saturated heterocycles. The lowest BCUT2D eigenvalue weighted by molar-refractivity contribution is -0.143. The third kappa shape index (κ3) is 6.96. The molecule has 1 amide bonds. The molecule has 0 radical (unpaired) electrons. The van der Waals surface area contributed by atoms with E-state index in [-0.39, 0.29) is 48.6 Å². The quantitative estimate of drug-likeness (QED) is 0.341. The Hall–Kier alpha value is -4.03. The molecular weight excluding hydrogens is 634 g/mol. The maximum Gasteiger partial charge on any atom is 0.416 e. The summed E-state index contributed by atoms with van der Waals surface area (Å²) < 4.78 is 116. The maximum atomic E-state index is 13.5. The summed E-state index contributed by atoms with van der Waals surface area (Å²) in [6, 6.07) is 3.85. The average Bonchev–Trinajstić information content (AvgIpc) is 2.95. The fourth-order valence-electron chi connectivity index (χ4n) is 5.04. The number of hydrogen-bond acceptors (Lipinski definition) is 9. The first kappa shape index (κ1) is 33.9. The Bertz CT molecular complexity index is 1690. The third-order valence-electron chi connectivity index (χ3n) is 7.21. The zero-order valence-electron chi connectivity index (χ0n) is 24.0. The fraction of sp³-hybridized carbons (Fsp3) is 0.407. The van der Waals surface area contributed by atoms with Crippen molar-refractivity contribution in [3.63, 3.8) is 0 Å². The molecule has 3 aromatic rings. The maximum absolute atomic E-state index is 13.5. The van der Waals surface area contributed by atoms with Crippen molar-refractivity contribution in [2.45, 2.75) is 61.9 Å². The fourth-order valence-corrected chi connectivity index (χ4v) is 5.69. The first-order valence-electron chi connectivity index (χ1n) is 13.3. The number of primary sulfonamides is 1. The van der Waals surface area contributed by atoms with Crippen molar-refractivity contribution in [3.8, 4) is 5.88 Å². The summed E-state index contributed by atoms with van der Waals surface area (Å²) in [7, 11) is -3.26. The molecule has 1 aromatic carbocycles. The van der Waals surface area contributed by atoms with E-state index in [2.05, 4.69) is 15.0 Å². The van der Waals surface area contributed by atoms with Crippen molar-refractivity contribution in [3.05, 3.63) is 70.4 Å². The Labute approximate surface area is 253 Å². The van der Waals surface area contributed by atoms with E-state index in [1.807, 2.05) is 0 Å². The van der Waals surface area contributed by atoms with Crippen LogP contribution in [0, 0.1) is 0 Å². The van der Waals surface area contributed by atoms with Gasteiger partial charge < -0.3 is 15.2 Å². The molecule has 3 heterocycles. The number of fused-ring (bicyclic) bond motifs is 1. The second kappa shape index (κ2) is 12.1. The number of halogens is 6. The van der Waals surface area contributed by atoms with Gasteiger partial charge in [-0.05, 0) is 49.6 Å². The summed E-state index contributed by atoms with van der Waals surface area (Å²) in [4.78, 5) is 26.4. The number of rotatable bonds is 7. The molecule has 45 heavy (non-hydrogen) atoms. The van der Waals surface area contributed by atoms with Crippen LogP contribution in [0.2, 0.25) is 0 Å². The lowest BCUT2D eigenvalue weighted by Crippen LogP contribution is -2.61. The molecule has 11 nitrogen and oxygen atoms in total. The number of aromatic nitrogens is 3. The van der Waals surface area contributed by atoms with Crippen LogP contribution in [0.5, 0.6) is 5.88 Å². The van der Waals surface area contributed by atoms with Gasteiger partial charge in [-0.2, -0.15) is 26.3 Å². The first-order chi connectivity index (χ1) is 20.8. The van der Waals surface area contributed by atoms with Gasteiger partial charge in [-0.1, -0.05) is 6.92 Å². The van der Waals surface area contributed by atoms with Crippen LogP contribution < -0.4 is 20.5 Å². The van der Waals surface area contributed by atoms with Crippen LogP contribution in [0.1, 0.15) is 66.5 Å². The molecule has 0 spiro atoms. The number of carbonyl (C=O) groups is 1. The van der Waals surface area contributed by atoms with Crippen molar-refractivity contribution in [2.75, 3.05) is 18.6 Å². The van der Waals surface area contributed by atoms with E-state index in [4.69, 9.17) is 20.3 Å². The number of methoxy groups -OCH3 is 1. The molecule has 4 N–H and O–H groups in total. The van der Waals surface area contributed by atoms with Crippen LogP contribution in [0.15, 0.2) is 41.4 Å². The molecule has 2 aromatic heterocycles. The number of pyridine rings is 1. The van der Waals surface area contributed by atoms with Crippen molar-refractivity contribution in [2.24, 2.45) is 10.9 Å². The molecule has 2 atom stereocenters. The molecule has 0 unspecified atom stereocenters. The van der Waals surface area contributed by atoms with Crippen LogP contribution in [-0.2, 0) is 33.5 Å². The molecule has 0 bridgehead atoms. The Kier molecular flexibility index (Phi) is 9.07. The van der Waals surface area contributed by atoms with E-state index in [9.17, 15) is 39.6 Å². The van der Waals surface area contributed by atoms with Gasteiger partial charge in [0.1, 0.15) is 16.4 Å². The summed E-state index contributed by atoms with van der Waals surface area (Å²) in [6.07, 6.45) is -10.9. The Morgan fingerprint density at radius 1 is 1.07 bits per heavy atom. The lowest BCUT2D eigenvalue weighted by atomic mass is 9.83. The molecule has 1 aliphatic rings. The zero-order chi connectivity index (χ0) is 33.5. The number of benzene rings is 1. The summed E-state index contributed by atoms with van der Waals surface area (Å²) >= 11 is 0. The number of alkyl halides is 6. The second-order valence-electron chi connectivity index (χ2n) is 10.2. The molecule has 1 aliphatic heterocycles. The van der Waals surface area contributed by atoms with Crippen LogP contribution >= 0.6 is 0 Å². The summed E-state index contributed by atoms with van der Waals surface area (Å²) in [5.41, 5.74) is 1.48. The Balaban J connectivity index is 1.93. The number of nitrogens with zero attached hydrogens (tertiary/aromatic N) is 4. The van der Waals surface area contributed by atoms with E-state index in [1.165, 1.54) is 24.1 Å². The van der Waals surface area contributed by atoms with Gasteiger partial charge in [0.05, 0.1) is 54.0 Å². The number of hydrogen-bond donors (Lipinski definition) is 2. The third-order valence-corrected chi connectivity index (χ3v) is 8.16. The monoisotopic (exact) mass is 662 g/mol. The van der Waals surface area contributed by atoms with Crippen molar-refractivity contribution in [1.29, 1.82) is 0 Å². The summed E-state index contributed by atoms with van der Waals surface area (Å²) in [5.74, 6) is -0.964. The average molecular weight is 663 g/mol. The van der Waals surface area contributed by atoms with Crippen LogP contribution in [0.3, 0.4) is 0 Å². The molecule has 244 valence electrons. The van der Waals surface area contributed by atoms with Gasteiger partial charge in [0.25, 0.3) is 0 Å². The van der Waals surface area contributed by atoms with Crippen molar-refractivity contribution >= 4 is 21.8 Å².